The molecule has 5 nitrogen and oxygen atoms in total. The quantitative estimate of drug-likeness (QED) is 0.590. The summed E-state index contributed by atoms with van der Waals surface area (Å²) in [6.07, 6.45) is 0.714. The van der Waals surface area contributed by atoms with Gasteiger partial charge in [0.05, 0.1) is 17.2 Å². The molecule has 1 atom stereocenters. The summed E-state index contributed by atoms with van der Waals surface area (Å²) in [6, 6.07) is 15.5. The van der Waals surface area contributed by atoms with Crippen molar-refractivity contribution in [1.82, 2.24) is 4.98 Å². The number of Topliss-reactive ketones (excluding diaryl/α,β-unsaturated/α-hetero) is 1. The minimum Gasteiger partial charge on any atom is -0.451 e. The molecule has 1 aromatic heterocycles. The number of hydrogen-bond donors (Lipinski definition) is 1. The Kier molecular flexibility index (Phi) is 4.13. The van der Waals surface area contributed by atoms with E-state index in [4.69, 9.17) is 10.00 Å². The largest absolute Gasteiger partial charge is 0.451 e. The molecule has 0 aliphatic rings. The highest BCUT2D eigenvalue weighted by Gasteiger charge is 2.22. The summed E-state index contributed by atoms with van der Waals surface area (Å²) in [7, 11) is 0. The lowest BCUT2D eigenvalue weighted by atomic mass is 10.1. The summed E-state index contributed by atoms with van der Waals surface area (Å²) in [6.45, 7) is 1.55. The molecular weight excluding hydrogens is 304 g/mol. The number of para-hydroxylation sites is 1. The third kappa shape index (κ3) is 2.90. The van der Waals surface area contributed by atoms with E-state index in [0.29, 0.717) is 16.7 Å². The van der Waals surface area contributed by atoms with Crippen molar-refractivity contribution in [3.63, 3.8) is 0 Å². The van der Waals surface area contributed by atoms with Crippen LogP contribution in [0, 0.1) is 11.3 Å². The van der Waals surface area contributed by atoms with Crippen LogP contribution in [0.3, 0.4) is 0 Å². The Balaban J connectivity index is 1.76. The molecule has 0 radical (unpaired) electrons. The Morgan fingerprint density at radius 1 is 1.12 bits per heavy atom. The molecule has 0 aliphatic carbocycles. The van der Waals surface area contributed by atoms with Gasteiger partial charge in [0.15, 0.2) is 6.10 Å². The molecule has 3 rings (SSSR count). The molecule has 0 saturated heterocycles. The van der Waals surface area contributed by atoms with Gasteiger partial charge in [-0.1, -0.05) is 18.2 Å². The Hall–Kier alpha value is -3.39. The van der Waals surface area contributed by atoms with Gasteiger partial charge in [0, 0.05) is 22.7 Å². The average Bonchev–Trinajstić information content (AvgIpc) is 3.05. The number of ether oxygens (including phenoxy) is 1. The van der Waals surface area contributed by atoms with Gasteiger partial charge in [0.2, 0.25) is 5.78 Å². The molecule has 1 N–H and O–H groups in total. The van der Waals surface area contributed by atoms with Crippen LogP contribution in [0.4, 0.5) is 0 Å². The van der Waals surface area contributed by atoms with Crippen molar-refractivity contribution >= 4 is 22.7 Å². The first-order valence-electron chi connectivity index (χ1n) is 7.41. The number of H-pyrrole nitrogens is 1. The van der Waals surface area contributed by atoms with Gasteiger partial charge < -0.3 is 9.72 Å². The third-order valence-electron chi connectivity index (χ3n) is 3.76. The number of hydrogen-bond acceptors (Lipinski definition) is 4. The summed E-state index contributed by atoms with van der Waals surface area (Å²) >= 11 is 0. The van der Waals surface area contributed by atoms with Crippen molar-refractivity contribution in [2.24, 2.45) is 0 Å². The smallest absolute Gasteiger partial charge is 0.338 e. The van der Waals surface area contributed by atoms with Gasteiger partial charge in [-0.3, -0.25) is 4.79 Å². The van der Waals surface area contributed by atoms with Crippen molar-refractivity contribution < 1.29 is 14.3 Å². The molecule has 3 aromatic rings. The predicted molar refractivity (Wildman–Crippen MR) is 88.7 cm³/mol. The minimum atomic E-state index is -0.910. The van der Waals surface area contributed by atoms with Crippen LogP contribution in [-0.2, 0) is 4.74 Å². The molecule has 0 fully saturated rings. The Morgan fingerprint density at radius 2 is 1.83 bits per heavy atom. The lowest BCUT2D eigenvalue weighted by Gasteiger charge is -2.12. The SMILES string of the molecule is CC(OC(=O)c1ccc(C#N)cc1)C(=O)c1c[nH]c2ccccc12. The fourth-order valence-electron chi connectivity index (χ4n) is 2.46. The van der Waals surface area contributed by atoms with E-state index in [2.05, 4.69) is 4.98 Å². The minimum absolute atomic E-state index is 0.269. The number of nitrogens with zero attached hydrogens (tertiary/aromatic N) is 1. The van der Waals surface area contributed by atoms with E-state index in [0.717, 1.165) is 10.9 Å². The van der Waals surface area contributed by atoms with Crippen LogP contribution in [-0.4, -0.2) is 22.8 Å². The topological polar surface area (TPSA) is 82.9 Å². The monoisotopic (exact) mass is 318 g/mol. The number of fused-ring (bicyclic) bond motifs is 1. The zero-order valence-electron chi connectivity index (χ0n) is 12.9. The maximum Gasteiger partial charge on any atom is 0.338 e. The third-order valence-corrected chi connectivity index (χ3v) is 3.76. The van der Waals surface area contributed by atoms with E-state index >= 15 is 0 Å². The zero-order chi connectivity index (χ0) is 17.1. The molecular formula is C19H14N2O3. The summed E-state index contributed by atoms with van der Waals surface area (Å²) in [4.78, 5) is 27.7. The molecule has 24 heavy (non-hydrogen) atoms. The van der Waals surface area contributed by atoms with E-state index < -0.39 is 12.1 Å². The summed E-state index contributed by atoms with van der Waals surface area (Å²) < 4.78 is 5.26. The number of aromatic amines is 1. The normalized spacial score (nSPS) is 11.7. The molecule has 1 heterocycles. The van der Waals surface area contributed by atoms with Crippen molar-refractivity contribution in [3.05, 3.63) is 71.4 Å². The van der Waals surface area contributed by atoms with E-state index in [9.17, 15) is 9.59 Å². The zero-order valence-corrected chi connectivity index (χ0v) is 12.9. The second-order valence-electron chi connectivity index (χ2n) is 5.35. The van der Waals surface area contributed by atoms with Crippen LogP contribution in [0.25, 0.3) is 10.9 Å². The summed E-state index contributed by atoms with van der Waals surface area (Å²) in [5.74, 6) is -0.866. The van der Waals surface area contributed by atoms with E-state index in [1.54, 1.807) is 13.1 Å². The molecule has 118 valence electrons. The van der Waals surface area contributed by atoms with Crippen molar-refractivity contribution in [3.8, 4) is 6.07 Å². The van der Waals surface area contributed by atoms with E-state index in [1.165, 1.54) is 24.3 Å². The number of rotatable bonds is 4. The molecule has 0 bridgehead atoms. The maximum absolute atomic E-state index is 12.5. The number of esters is 1. The van der Waals surface area contributed by atoms with E-state index in [-0.39, 0.29) is 5.78 Å². The molecule has 1 unspecified atom stereocenters. The molecule has 0 amide bonds. The number of benzene rings is 2. The molecule has 0 aliphatic heterocycles. The van der Waals surface area contributed by atoms with Crippen molar-refractivity contribution in [1.29, 1.82) is 5.26 Å². The summed E-state index contributed by atoms with van der Waals surface area (Å²) in [5.41, 5.74) is 2.10. The van der Waals surface area contributed by atoms with Crippen LogP contribution in [0.5, 0.6) is 0 Å². The van der Waals surface area contributed by atoms with Gasteiger partial charge in [0.25, 0.3) is 0 Å². The molecule has 0 spiro atoms. The lowest BCUT2D eigenvalue weighted by molar-refractivity contribution is 0.0319. The van der Waals surface area contributed by atoms with Crippen LogP contribution >= 0.6 is 0 Å². The lowest BCUT2D eigenvalue weighted by Crippen LogP contribution is -2.24. The molecule has 0 saturated carbocycles. The highest BCUT2D eigenvalue weighted by atomic mass is 16.5. The standard InChI is InChI=1S/C19H14N2O3/c1-12(24-19(23)14-8-6-13(10-20)7-9-14)18(22)16-11-21-17-5-3-2-4-15(16)17/h2-9,11-12,21H,1H3. The Bertz CT molecular complexity index is 949. The Labute approximate surface area is 138 Å². The first kappa shape index (κ1) is 15.5. The van der Waals surface area contributed by atoms with Gasteiger partial charge in [-0.25, -0.2) is 4.79 Å². The highest BCUT2D eigenvalue weighted by molar-refractivity contribution is 6.10. The van der Waals surface area contributed by atoms with Gasteiger partial charge in [-0.05, 0) is 37.3 Å². The fourth-order valence-corrected chi connectivity index (χ4v) is 2.46. The summed E-state index contributed by atoms with van der Waals surface area (Å²) in [5, 5.41) is 9.56. The van der Waals surface area contributed by atoms with Crippen LogP contribution in [0.2, 0.25) is 0 Å². The Morgan fingerprint density at radius 3 is 2.54 bits per heavy atom. The van der Waals surface area contributed by atoms with Gasteiger partial charge in [-0.15, -0.1) is 0 Å². The molecule has 2 aromatic carbocycles. The number of carbonyl (C=O) groups is 2. The van der Waals surface area contributed by atoms with Gasteiger partial charge in [0.1, 0.15) is 0 Å². The number of nitriles is 1. The maximum atomic E-state index is 12.5. The van der Waals surface area contributed by atoms with Crippen LogP contribution in [0.15, 0.2) is 54.7 Å². The van der Waals surface area contributed by atoms with E-state index in [1.807, 2.05) is 30.3 Å². The number of carbonyl (C=O) groups excluding carboxylic acids is 2. The highest BCUT2D eigenvalue weighted by Crippen LogP contribution is 2.20. The predicted octanol–water partition coefficient (Wildman–Crippen LogP) is 3.47. The van der Waals surface area contributed by atoms with Crippen molar-refractivity contribution in [2.45, 2.75) is 13.0 Å². The molecule has 5 heteroatoms. The van der Waals surface area contributed by atoms with Gasteiger partial charge >= 0.3 is 5.97 Å². The fraction of sp³-hybridized carbons (Fsp3) is 0.105. The first-order valence-corrected chi connectivity index (χ1v) is 7.41. The number of nitrogens with one attached hydrogen (secondary N) is 1. The van der Waals surface area contributed by atoms with Crippen molar-refractivity contribution in [2.75, 3.05) is 0 Å². The van der Waals surface area contributed by atoms with Crippen LogP contribution < -0.4 is 0 Å². The second-order valence-corrected chi connectivity index (χ2v) is 5.35. The average molecular weight is 318 g/mol. The van der Waals surface area contributed by atoms with Gasteiger partial charge in [-0.2, -0.15) is 5.26 Å². The first-order chi connectivity index (χ1) is 11.6. The number of ketones is 1. The van der Waals surface area contributed by atoms with Crippen LogP contribution in [0.1, 0.15) is 33.2 Å². The number of aromatic nitrogens is 1. The second kappa shape index (κ2) is 6.39.